The van der Waals surface area contributed by atoms with Gasteiger partial charge in [-0.3, -0.25) is 4.98 Å². The van der Waals surface area contributed by atoms with Gasteiger partial charge in [0.05, 0.1) is 6.54 Å². The zero-order chi connectivity index (χ0) is 11.4. The second-order valence-corrected chi connectivity index (χ2v) is 3.78. The van der Waals surface area contributed by atoms with Gasteiger partial charge in [-0.1, -0.05) is 19.4 Å². The normalized spacial score (nSPS) is 10.6. The summed E-state index contributed by atoms with van der Waals surface area (Å²) < 4.78 is 0. The first kappa shape index (κ1) is 10.7. The van der Waals surface area contributed by atoms with Gasteiger partial charge in [0.1, 0.15) is 5.69 Å². The van der Waals surface area contributed by atoms with Gasteiger partial charge in [0.25, 0.3) is 0 Å². The molecule has 5 heteroatoms. The van der Waals surface area contributed by atoms with E-state index in [1.165, 1.54) is 0 Å². The zero-order valence-electron chi connectivity index (χ0n) is 9.59. The topological polar surface area (TPSA) is 56.5 Å². The second-order valence-electron chi connectivity index (χ2n) is 3.78. The summed E-state index contributed by atoms with van der Waals surface area (Å²) in [6.45, 7) is 4.96. The van der Waals surface area contributed by atoms with Crippen molar-refractivity contribution in [3.8, 4) is 11.5 Å². The lowest BCUT2D eigenvalue weighted by Crippen LogP contribution is -2.02. The molecule has 0 aliphatic rings. The lowest BCUT2D eigenvalue weighted by Gasteiger charge is -1.95. The van der Waals surface area contributed by atoms with Crippen molar-refractivity contribution in [1.82, 2.24) is 25.2 Å². The van der Waals surface area contributed by atoms with Gasteiger partial charge in [0.2, 0.25) is 5.82 Å². The molecule has 0 unspecified atom stereocenters. The molecule has 5 nitrogen and oxygen atoms in total. The van der Waals surface area contributed by atoms with Crippen molar-refractivity contribution in [2.24, 2.45) is 0 Å². The summed E-state index contributed by atoms with van der Waals surface area (Å²) in [4.78, 5) is 5.89. The number of unbranched alkanes of at least 4 members (excludes halogenated alkanes) is 1. The zero-order valence-corrected chi connectivity index (χ0v) is 9.59. The minimum absolute atomic E-state index is 0.594. The standard InChI is InChI=1S/C11H15N5/c1-3-4-7-16-14-11(13-15-16)10-6-5-9(2)8-12-10/h5-6,8H,3-4,7H2,1-2H3. The Morgan fingerprint density at radius 1 is 1.31 bits per heavy atom. The number of hydrogen-bond acceptors (Lipinski definition) is 4. The predicted molar refractivity (Wildman–Crippen MR) is 60.7 cm³/mol. The lowest BCUT2D eigenvalue weighted by atomic mass is 10.3. The first-order chi connectivity index (χ1) is 7.79. The Labute approximate surface area is 94.5 Å². The second kappa shape index (κ2) is 4.83. The molecule has 2 aromatic rings. The average molecular weight is 217 g/mol. The summed E-state index contributed by atoms with van der Waals surface area (Å²) in [5.41, 5.74) is 1.90. The number of aromatic nitrogens is 5. The number of hydrogen-bond donors (Lipinski definition) is 0. The van der Waals surface area contributed by atoms with Crippen molar-refractivity contribution in [2.45, 2.75) is 33.2 Å². The Morgan fingerprint density at radius 3 is 2.88 bits per heavy atom. The summed E-state index contributed by atoms with van der Waals surface area (Å²) in [6, 6.07) is 3.91. The predicted octanol–water partition coefficient (Wildman–Crippen LogP) is 1.84. The molecule has 0 aliphatic heterocycles. The van der Waals surface area contributed by atoms with E-state index in [0.717, 1.165) is 30.6 Å². The molecule has 2 aromatic heterocycles. The van der Waals surface area contributed by atoms with Crippen molar-refractivity contribution in [2.75, 3.05) is 0 Å². The molecule has 0 fully saturated rings. The molecular formula is C11H15N5. The largest absolute Gasteiger partial charge is 0.252 e. The van der Waals surface area contributed by atoms with Crippen LogP contribution in [0.25, 0.3) is 11.5 Å². The molecule has 84 valence electrons. The fraction of sp³-hybridized carbons (Fsp3) is 0.455. The van der Waals surface area contributed by atoms with Crippen LogP contribution in [0.5, 0.6) is 0 Å². The fourth-order valence-corrected chi connectivity index (χ4v) is 1.34. The van der Waals surface area contributed by atoms with E-state index in [9.17, 15) is 0 Å². The Morgan fingerprint density at radius 2 is 2.19 bits per heavy atom. The van der Waals surface area contributed by atoms with Gasteiger partial charge in [-0.2, -0.15) is 4.80 Å². The molecule has 0 radical (unpaired) electrons. The molecular weight excluding hydrogens is 202 g/mol. The van der Waals surface area contributed by atoms with Crippen LogP contribution in [0.15, 0.2) is 18.3 Å². The SMILES string of the molecule is CCCCn1nnc(-c2ccc(C)cn2)n1. The van der Waals surface area contributed by atoms with E-state index < -0.39 is 0 Å². The summed E-state index contributed by atoms with van der Waals surface area (Å²) in [7, 11) is 0. The van der Waals surface area contributed by atoms with Crippen LogP contribution in [0.4, 0.5) is 0 Å². The molecule has 0 atom stereocenters. The highest BCUT2D eigenvalue weighted by atomic mass is 15.6. The molecule has 0 bridgehead atoms. The monoisotopic (exact) mass is 217 g/mol. The van der Waals surface area contributed by atoms with Gasteiger partial charge in [0, 0.05) is 6.20 Å². The van der Waals surface area contributed by atoms with Crippen LogP contribution in [0.3, 0.4) is 0 Å². The Balaban J connectivity index is 2.15. The van der Waals surface area contributed by atoms with Gasteiger partial charge in [-0.25, -0.2) is 0 Å². The number of rotatable bonds is 4. The minimum Gasteiger partial charge on any atom is -0.252 e. The molecule has 0 amide bonds. The molecule has 0 aromatic carbocycles. The van der Waals surface area contributed by atoms with E-state index in [-0.39, 0.29) is 0 Å². The van der Waals surface area contributed by atoms with Crippen LogP contribution >= 0.6 is 0 Å². The third-order valence-electron chi connectivity index (χ3n) is 2.30. The van der Waals surface area contributed by atoms with Gasteiger partial charge in [0.15, 0.2) is 0 Å². The quantitative estimate of drug-likeness (QED) is 0.784. The maximum atomic E-state index is 4.28. The van der Waals surface area contributed by atoms with Crippen molar-refractivity contribution < 1.29 is 0 Å². The Kier molecular flexibility index (Phi) is 3.24. The molecule has 2 rings (SSSR count). The molecule has 0 spiro atoms. The minimum atomic E-state index is 0.594. The summed E-state index contributed by atoms with van der Waals surface area (Å²) in [6.07, 6.45) is 4.00. The van der Waals surface area contributed by atoms with Gasteiger partial charge in [-0.05, 0) is 30.2 Å². The van der Waals surface area contributed by atoms with E-state index in [4.69, 9.17) is 0 Å². The highest BCUT2D eigenvalue weighted by molar-refractivity contribution is 5.47. The molecule has 2 heterocycles. The van der Waals surface area contributed by atoms with E-state index in [2.05, 4.69) is 27.3 Å². The smallest absolute Gasteiger partial charge is 0.223 e. The van der Waals surface area contributed by atoms with E-state index in [1.807, 2.05) is 25.3 Å². The van der Waals surface area contributed by atoms with Crippen LogP contribution in [-0.4, -0.2) is 25.2 Å². The van der Waals surface area contributed by atoms with Gasteiger partial charge >= 0.3 is 0 Å². The molecule has 0 saturated heterocycles. The van der Waals surface area contributed by atoms with Crippen molar-refractivity contribution in [1.29, 1.82) is 0 Å². The third kappa shape index (κ3) is 2.42. The van der Waals surface area contributed by atoms with Crippen LogP contribution < -0.4 is 0 Å². The van der Waals surface area contributed by atoms with Gasteiger partial charge < -0.3 is 0 Å². The van der Waals surface area contributed by atoms with Gasteiger partial charge in [-0.15, -0.1) is 10.2 Å². The average Bonchev–Trinajstić information content (AvgIpc) is 2.76. The maximum absolute atomic E-state index is 4.28. The highest BCUT2D eigenvalue weighted by Crippen LogP contribution is 2.10. The van der Waals surface area contributed by atoms with Crippen molar-refractivity contribution in [3.05, 3.63) is 23.9 Å². The third-order valence-corrected chi connectivity index (χ3v) is 2.30. The molecule has 0 aliphatic carbocycles. The highest BCUT2D eigenvalue weighted by Gasteiger charge is 2.06. The fourth-order valence-electron chi connectivity index (χ4n) is 1.34. The number of aryl methyl sites for hydroxylation is 2. The van der Waals surface area contributed by atoms with E-state index in [1.54, 1.807) is 4.80 Å². The van der Waals surface area contributed by atoms with E-state index in [0.29, 0.717) is 5.82 Å². The van der Waals surface area contributed by atoms with E-state index >= 15 is 0 Å². The summed E-state index contributed by atoms with van der Waals surface area (Å²) >= 11 is 0. The summed E-state index contributed by atoms with van der Waals surface area (Å²) in [5, 5.41) is 12.3. The Bertz CT molecular complexity index is 446. The van der Waals surface area contributed by atoms with Crippen LogP contribution in [0, 0.1) is 6.92 Å². The number of nitrogens with zero attached hydrogens (tertiary/aromatic N) is 5. The molecule has 0 saturated carbocycles. The van der Waals surface area contributed by atoms with Crippen LogP contribution in [0.2, 0.25) is 0 Å². The Hall–Kier alpha value is -1.78. The maximum Gasteiger partial charge on any atom is 0.223 e. The number of pyridine rings is 1. The molecule has 0 N–H and O–H groups in total. The summed E-state index contributed by atoms with van der Waals surface area (Å²) in [5.74, 6) is 0.594. The van der Waals surface area contributed by atoms with Crippen molar-refractivity contribution >= 4 is 0 Å². The first-order valence-corrected chi connectivity index (χ1v) is 5.50. The van der Waals surface area contributed by atoms with Crippen LogP contribution in [0.1, 0.15) is 25.3 Å². The van der Waals surface area contributed by atoms with Crippen molar-refractivity contribution in [3.63, 3.8) is 0 Å². The lowest BCUT2D eigenvalue weighted by molar-refractivity contribution is 0.496. The van der Waals surface area contributed by atoms with Crippen LogP contribution in [-0.2, 0) is 6.54 Å². The number of tetrazole rings is 1. The molecule has 16 heavy (non-hydrogen) atoms. The first-order valence-electron chi connectivity index (χ1n) is 5.50.